The molecule has 2 heteroatoms. The van der Waals surface area contributed by atoms with Crippen LogP contribution in [0, 0.1) is 25.7 Å². The monoisotopic (exact) mass is 600 g/mol. The Morgan fingerprint density at radius 3 is 1.09 bits per heavy atom. The van der Waals surface area contributed by atoms with Crippen molar-refractivity contribution in [3.8, 4) is 23.3 Å². The molecule has 0 bridgehead atoms. The summed E-state index contributed by atoms with van der Waals surface area (Å²) < 4.78 is 10.8. The van der Waals surface area contributed by atoms with Crippen LogP contribution in [0.4, 0.5) is 0 Å². The van der Waals surface area contributed by atoms with Gasteiger partial charge in [-0.25, -0.2) is 0 Å². The van der Waals surface area contributed by atoms with Crippen LogP contribution in [0.3, 0.4) is 0 Å². The Labute approximate surface area is 273 Å². The molecule has 2 nitrogen and oxygen atoms in total. The van der Waals surface area contributed by atoms with Crippen molar-refractivity contribution in [2.24, 2.45) is 0 Å². The normalized spacial score (nSPS) is 9.41. The lowest BCUT2D eigenvalue weighted by atomic mass is 10.1. The standard InChI is InChI=1S/C14H14O.C10H14.C6H14O.C6H12.C6H10/c1-11-3-7-13(8-4-11)15-14-9-5-12(2)6-10-14;1-3-9-5-7-10(4-2)8-6-9;1-3-5-7-6-4-2;2*1-3-5-6-4-2/h3-10H,1-2H3;5-8H,3-4H2,1-2H3;3-6H2,1-2H3;5-6H,3-4H2,1-2H3;3-4H2,1-2H3/b;;;6-5-;. The highest BCUT2D eigenvalue weighted by molar-refractivity contribution is 5.34. The average Bonchev–Trinajstić information content (AvgIpc) is 3.06. The van der Waals surface area contributed by atoms with Crippen molar-refractivity contribution >= 4 is 0 Å². The zero-order chi connectivity index (χ0) is 33.3. The average molecular weight is 601 g/mol. The van der Waals surface area contributed by atoms with Gasteiger partial charge in [-0.2, -0.15) is 0 Å². The summed E-state index contributed by atoms with van der Waals surface area (Å²) in [6.45, 7) is 23.0. The quantitative estimate of drug-likeness (QED) is 0.131. The van der Waals surface area contributed by atoms with Gasteiger partial charge in [-0.1, -0.05) is 127 Å². The van der Waals surface area contributed by atoms with Crippen LogP contribution >= 0.6 is 0 Å². The number of rotatable bonds is 10. The number of benzene rings is 3. The fourth-order valence-electron chi connectivity index (χ4n) is 3.33. The van der Waals surface area contributed by atoms with E-state index in [0.717, 1.165) is 63.2 Å². The lowest BCUT2D eigenvalue weighted by Crippen LogP contribution is -1.92. The molecule has 0 aliphatic carbocycles. The number of aryl methyl sites for hydroxylation is 4. The maximum absolute atomic E-state index is 5.69. The first kappa shape index (κ1) is 42.9. The van der Waals surface area contributed by atoms with Gasteiger partial charge in [0.05, 0.1) is 0 Å². The molecule has 0 N–H and O–H groups in total. The minimum absolute atomic E-state index is 0.879. The van der Waals surface area contributed by atoms with Gasteiger partial charge in [-0.15, -0.1) is 11.8 Å². The van der Waals surface area contributed by atoms with E-state index in [1.54, 1.807) is 0 Å². The summed E-state index contributed by atoms with van der Waals surface area (Å²) in [5.74, 6) is 7.65. The van der Waals surface area contributed by atoms with Gasteiger partial charge < -0.3 is 9.47 Å². The Bertz CT molecular complexity index is 997. The Hall–Kier alpha value is -3.28. The molecule has 0 saturated carbocycles. The lowest BCUT2D eigenvalue weighted by Gasteiger charge is -2.05. The largest absolute Gasteiger partial charge is 0.457 e. The second kappa shape index (κ2) is 32.6. The number of hydrogen-bond acceptors (Lipinski definition) is 2. The van der Waals surface area contributed by atoms with Crippen LogP contribution in [0.1, 0.15) is 116 Å². The highest BCUT2D eigenvalue weighted by Gasteiger charge is 1.96. The molecular formula is C42H64O2. The van der Waals surface area contributed by atoms with E-state index in [4.69, 9.17) is 9.47 Å². The van der Waals surface area contributed by atoms with Gasteiger partial charge in [0, 0.05) is 26.1 Å². The zero-order valence-corrected chi connectivity index (χ0v) is 30.0. The van der Waals surface area contributed by atoms with E-state index in [9.17, 15) is 0 Å². The van der Waals surface area contributed by atoms with Crippen molar-refractivity contribution in [2.45, 2.75) is 121 Å². The van der Waals surface area contributed by atoms with Crippen LogP contribution in [0.5, 0.6) is 11.5 Å². The van der Waals surface area contributed by atoms with E-state index < -0.39 is 0 Å². The second-order valence-electron chi connectivity index (χ2n) is 10.2. The summed E-state index contributed by atoms with van der Waals surface area (Å²) in [7, 11) is 0. The van der Waals surface area contributed by atoms with Gasteiger partial charge in [0.25, 0.3) is 0 Å². The molecule has 3 rings (SSSR count). The van der Waals surface area contributed by atoms with Gasteiger partial charge >= 0.3 is 0 Å². The SMILES string of the molecule is CC/C=C\CC.CCC#CCC.CCCOCCC.CCc1ccc(CC)cc1.Cc1ccc(Oc2ccc(C)cc2)cc1. The molecule has 3 aromatic rings. The molecule has 0 aromatic heterocycles. The first-order valence-corrected chi connectivity index (χ1v) is 16.9. The Balaban J connectivity index is 0. The predicted octanol–water partition coefficient (Wildman–Crippen LogP) is 12.9. The summed E-state index contributed by atoms with van der Waals surface area (Å²) in [6, 6.07) is 24.9. The Morgan fingerprint density at radius 2 is 0.841 bits per heavy atom. The van der Waals surface area contributed by atoms with E-state index in [1.165, 1.54) is 35.1 Å². The molecule has 0 radical (unpaired) electrons. The van der Waals surface area contributed by atoms with Gasteiger partial charge in [-0.3, -0.25) is 0 Å². The highest BCUT2D eigenvalue weighted by Crippen LogP contribution is 2.21. The summed E-state index contributed by atoms with van der Waals surface area (Å²) in [6.07, 6.45) is 13.3. The summed E-state index contributed by atoms with van der Waals surface area (Å²) in [4.78, 5) is 0. The van der Waals surface area contributed by atoms with Crippen molar-refractivity contribution in [1.29, 1.82) is 0 Å². The molecule has 0 fully saturated rings. The third-order valence-electron chi connectivity index (χ3n) is 5.93. The maximum Gasteiger partial charge on any atom is 0.127 e. The maximum atomic E-state index is 5.69. The van der Waals surface area contributed by atoms with Crippen molar-refractivity contribution in [3.05, 3.63) is 107 Å². The summed E-state index contributed by atoms with van der Waals surface area (Å²) >= 11 is 0. The van der Waals surface area contributed by atoms with Crippen molar-refractivity contribution in [3.63, 3.8) is 0 Å². The molecule has 0 amide bonds. The highest BCUT2D eigenvalue weighted by atomic mass is 16.5. The van der Waals surface area contributed by atoms with Crippen LogP contribution in [0.15, 0.2) is 84.9 Å². The first-order valence-electron chi connectivity index (χ1n) is 16.9. The molecule has 44 heavy (non-hydrogen) atoms. The number of allylic oxidation sites excluding steroid dienone is 2. The molecule has 0 heterocycles. The predicted molar refractivity (Wildman–Crippen MR) is 197 cm³/mol. The van der Waals surface area contributed by atoms with Crippen molar-refractivity contribution in [1.82, 2.24) is 0 Å². The smallest absolute Gasteiger partial charge is 0.127 e. The fourth-order valence-corrected chi connectivity index (χ4v) is 3.33. The van der Waals surface area contributed by atoms with Gasteiger partial charge in [0.1, 0.15) is 11.5 Å². The fraction of sp³-hybridized carbons (Fsp3) is 0.476. The molecular weight excluding hydrogens is 536 g/mol. The third-order valence-corrected chi connectivity index (χ3v) is 5.93. The molecule has 0 aliphatic heterocycles. The molecule has 0 saturated heterocycles. The van der Waals surface area contributed by atoms with E-state index in [-0.39, 0.29) is 0 Å². The molecule has 244 valence electrons. The van der Waals surface area contributed by atoms with Gasteiger partial charge in [-0.05, 0) is 87.8 Å². The van der Waals surface area contributed by atoms with Crippen LogP contribution in [0.2, 0.25) is 0 Å². The minimum Gasteiger partial charge on any atom is -0.457 e. The third kappa shape index (κ3) is 27.5. The first-order chi connectivity index (χ1) is 21.3. The Kier molecular flexibility index (Phi) is 31.8. The summed E-state index contributed by atoms with van der Waals surface area (Å²) in [5, 5.41) is 0. The topological polar surface area (TPSA) is 18.5 Å². The molecule has 3 aromatic carbocycles. The van der Waals surface area contributed by atoms with Crippen LogP contribution < -0.4 is 4.74 Å². The summed E-state index contributed by atoms with van der Waals surface area (Å²) in [5.41, 5.74) is 5.34. The van der Waals surface area contributed by atoms with E-state index in [0.29, 0.717) is 0 Å². The lowest BCUT2D eigenvalue weighted by molar-refractivity contribution is 0.135. The molecule has 0 spiro atoms. The molecule has 0 unspecified atom stereocenters. The van der Waals surface area contributed by atoms with Crippen LogP contribution in [0.25, 0.3) is 0 Å². The van der Waals surface area contributed by atoms with Gasteiger partial charge in [0.2, 0.25) is 0 Å². The van der Waals surface area contributed by atoms with Crippen LogP contribution in [-0.2, 0) is 17.6 Å². The Morgan fingerprint density at radius 1 is 0.500 bits per heavy atom. The van der Waals surface area contributed by atoms with Gasteiger partial charge in [0.15, 0.2) is 0 Å². The van der Waals surface area contributed by atoms with E-state index in [2.05, 4.69) is 117 Å². The minimum atomic E-state index is 0.879. The molecule has 0 aliphatic rings. The van der Waals surface area contributed by atoms with Crippen LogP contribution in [-0.4, -0.2) is 13.2 Å². The van der Waals surface area contributed by atoms with Crippen molar-refractivity contribution < 1.29 is 9.47 Å². The van der Waals surface area contributed by atoms with E-state index >= 15 is 0 Å². The number of hydrogen-bond donors (Lipinski definition) is 0. The van der Waals surface area contributed by atoms with Crippen molar-refractivity contribution in [2.75, 3.05) is 13.2 Å². The second-order valence-corrected chi connectivity index (χ2v) is 10.2. The molecule has 0 atom stereocenters. The number of ether oxygens (including phenoxy) is 2. The van der Waals surface area contributed by atoms with E-state index in [1.807, 2.05) is 48.5 Å². The zero-order valence-electron chi connectivity index (χ0n) is 30.0.